The molecule has 0 amide bonds. The van der Waals surface area contributed by atoms with Gasteiger partial charge in [-0.2, -0.15) is 4.80 Å². The second-order valence-electron chi connectivity index (χ2n) is 6.09. The van der Waals surface area contributed by atoms with Gasteiger partial charge in [0.2, 0.25) is 5.82 Å². The molecule has 0 aliphatic heterocycles. The van der Waals surface area contributed by atoms with Crippen molar-refractivity contribution in [3.8, 4) is 11.4 Å². The minimum atomic E-state index is 0.403. The Bertz CT molecular complexity index is 1040. The number of rotatable bonds is 5. The van der Waals surface area contributed by atoms with Crippen LogP contribution >= 0.6 is 11.3 Å². The van der Waals surface area contributed by atoms with Crippen LogP contribution in [0.4, 0.5) is 5.82 Å². The monoisotopic (exact) mass is 362 g/mol. The molecule has 0 spiro atoms. The SMILES string of the molecule is Cc1ccc(Cc2cccc(Cn3nnc(-c4cccnc4N)n3)c2)s1. The van der Waals surface area contributed by atoms with Crippen molar-refractivity contribution in [1.82, 2.24) is 25.2 Å². The summed E-state index contributed by atoms with van der Waals surface area (Å²) in [6.07, 6.45) is 2.58. The molecule has 0 unspecified atom stereocenters. The first-order valence-corrected chi connectivity index (χ1v) is 9.11. The number of nitrogen functional groups attached to an aromatic ring is 1. The van der Waals surface area contributed by atoms with Crippen LogP contribution in [0.15, 0.2) is 54.7 Å². The molecule has 0 atom stereocenters. The summed E-state index contributed by atoms with van der Waals surface area (Å²) < 4.78 is 0. The molecule has 7 heteroatoms. The van der Waals surface area contributed by atoms with Gasteiger partial charge in [-0.1, -0.05) is 24.3 Å². The average molecular weight is 362 g/mol. The molecule has 0 fully saturated rings. The average Bonchev–Trinajstić information content (AvgIpc) is 3.25. The number of pyridine rings is 1. The third-order valence-corrected chi connectivity index (χ3v) is 5.02. The summed E-state index contributed by atoms with van der Waals surface area (Å²) >= 11 is 1.84. The maximum absolute atomic E-state index is 5.88. The van der Waals surface area contributed by atoms with Gasteiger partial charge in [0.05, 0.1) is 12.1 Å². The molecule has 0 radical (unpaired) electrons. The lowest BCUT2D eigenvalue weighted by molar-refractivity contribution is 0.572. The fraction of sp³-hybridized carbons (Fsp3) is 0.158. The van der Waals surface area contributed by atoms with Crippen molar-refractivity contribution in [2.24, 2.45) is 0 Å². The summed E-state index contributed by atoms with van der Waals surface area (Å²) in [5.41, 5.74) is 8.99. The third-order valence-electron chi connectivity index (χ3n) is 4.02. The van der Waals surface area contributed by atoms with Crippen LogP contribution in [-0.4, -0.2) is 25.2 Å². The molecular formula is C19H18N6S. The molecular weight excluding hydrogens is 344 g/mol. The van der Waals surface area contributed by atoms with Gasteiger partial charge in [-0.25, -0.2) is 4.98 Å². The Hall–Kier alpha value is -3.06. The van der Waals surface area contributed by atoms with Crippen LogP contribution in [0.1, 0.15) is 20.9 Å². The number of anilines is 1. The zero-order chi connectivity index (χ0) is 17.9. The van der Waals surface area contributed by atoms with E-state index in [1.54, 1.807) is 11.0 Å². The molecule has 2 N–H and O–H groups in total. The molecule has 130 valence electrons. The van der Waals surface area contributed by atoms with Crippen LogP contribution in [-0.2, 0) is 13.0 Å². The van der Waals surface area contributed by atoms with Gasteiger partial charge >= 0.3 is 0 Å². The normalized spacial score (nSPS) is 11.0. The second-order valence-corrected chi connectivity index (χ2v) is 7.46. The van der Waals surface area contributed by atoms with Gasteiger partial charge in [-0.15, -0.1) is 21.5 Å². The van der Waals surface area contributed by atoms with Crippen molar-refractivity contribution in [2.45, 2.75) is 19.9 Å². The highest BCUT2D eigenvalue weighted by Gasteiger charge is 2.10. The Balaban J connectivity index is 1.51. The standard InChI is InChI=1S/C19H18N6S/c1-13-7-8-16(26-13)11-14-4-2-5-15(10-14)12-25-23-19(22-24-25)17-6-3-9-21-18(17)20/h2-10H,11-12H2,1H3,(H2,20,21). The van der Waals surface area contributed by atoms with E-state index in [1.807, 2.05) is 23.5 Å². The number of aryl methyl sites for hydroxylation is 1. The van der Waals surface area contributed by atoms with Gasteiger partial charge in [-0.05, 0) is 47.5 Å². The smallest absolute Gasteiger partial charge is 0.208 e. The summed E-state index contributed by atoms with van der Waals surface area (Å²) in [5.74, 6) is 0.890. The van der Waals surface area contributed by atoms with Crippen molar-refractivity contribution in [3.05, 3.63) is 75.6 Å². The Kier molecular flexibility index (Phi) is 4.45. The lowest BCUT2D eigenvalue weighted by Gasteiger charge is -2.04. The Morgan fingerprint density at radius 3 is 2.77 bits per heavy atom. The molecule has 0 aliphatic carbocycles. The number of nitrogens with two attached hydrogens (primary N) is 1. The lowest BCUT2D eigenvalue weighted by Crippen LogP contribution is -2.04. The van der Waals surface area contributed by atoms with Crippen molar-refractivity contribution in [3.63, 3.8) is 0 Å². The highest BCUT2D eigenvalue weighted by Crippen LogP contribution is 2.21. The van der Waals surface area contributed by atoms with E-state index >= 15 is 0 Å². The van der Waals surface area contributed by atoms with Gasteiger partial charge in [0.25, 0.3) is 0 Å². The number of benzene rings is 1. The van der Waals surface area contributed by atoms with E-state index in [0.29, 0.717) is 23.8 Å². The van der Waals surface area contributed by atoms with Crippen molar-refractivity contribution in [1.29, 1.82) is 0 Å². The topological polar surface area (TPSA) is 82.5 Å². The second kappa shape index (κ2) is 7.05. The first-order chi connectivity index (χ1) is 12.7. The molecule has 0 saturated carbocycles. The molecule has 4 rings (SSSR count). The van der Waals surface area contributed by atoms with Gasteiger partial charge in [0, 0.05) is 22.4 Å². The van der Waals surface area contributed by atoms with E-state index in [9.17, 15) is 0 Å². The first kappa shape index (κ1) is 16.4. The predicted octanol–water partition coefficient (Wildman–Crippen LogP) is 3.33. The maximum atomic E-state index is 5.88. The highest BCUT2D eigenvalue weighted by molar-refractivity contribution is 7.11. The van der Waals surface area contributed by atoms with E-state index in [-0.39, 0.29) is 0 Å². The zero-order valence-electron chi connectivity index (χ0n) is 14.3. The summed E-state index contributed by atoms with van der Waals surface area (Å²) in [4.78, 5) is 8.35. The number of tetrazole rings is 1. The van der Waals surface area contributed by atoms with Gasteiger partial charge in [0.15, 0.2) is 0 Å². The number of thiophene rings is 1. The summed E-state index contributed by atoms with van der Waals surface area (Å²) in [6.45, 7) is 2.69. The van der Waals surface area contributed by atoms with Gasteiger partial charge < -0.3 is 5.73 Å². The lowest BCUT2D eigenvalue weighted by atomic mass is 10.1. The van der Waals surface area contributed by atoms with Gasteiger partial charge in [0.1, 0.15) is 5.82 Å². The molecule has 1 aromatic carbocycles. The largest absolute Gasteiger partial charge is 0.383 e. The van der Waals surface area contributed by atoms with Crippen LogP contribution in [0, 0.1) is 6.92 Å². The quantitative estimate of drug-likeness (QED) is 0.589. The Labute approximate surface area is 155 Å². The molecule has 3 aromatic heterocycles. The van der Waals surface area contributed by atoms with E-state index in [0.717, 1.165) is 12.0 Å². The number of nitrogens with zero attached hydrogens (tertiary/aromatic N) is 5. The first-order valence-electron chi connectivity index (χ1n) is 8.29. The van der Waals surface area contributed by atoms with Crippen LogP contribution in [0.2, 0.25) is 0 Å². The Morgan fingerprint density at radius 1 is 1.08 bits per heavy atom. The van der Waals surface area contributed by atoms with Crippen molar-refractivity contribution < 1.29 is 0 Å². The highest BCUT2D eigenvalue weighted by atomic mass is 32.1. The fourth-order valence-electron chi connectivity index (χ4n) is 2.81. The maximum Gasteiger partial charge on any atom is 0.208 e. The predicted molar refractivity (Wildman–Crippen MR) is 103 cm³/mol. The van der Waals surface area contributed by atoms with Crippen LogP contribution in [0.3, 0.4) is 0 Å². The van der Waals surface area contributed by atoms with Crippen LogP contribution < -0.4 is 5.73 Å². The van der Waals surface area contributed by atoms with Crippen molar-refractivity contribution >= 4 is 17.2 Å². The van der Waals surface area contributed by atoms with Crippen molar-refractivity contribution in [2.75, 3.05) is 5.73 Å². The zero-order valence-corrected chi connectivity index (χ0v) is 15.1. The third kappa shape index (κ3) is 3.62. The minimum Gasteiger partial charge on any atom is -0.383 e. The van der Waals surface area contributed by atoms with E-state index in [2.05, 4.69) is 63.7 Å². The summed E-state index contributed by atoms with van der Waals surface area (Å²) in [7, 11) is 0. The Morgan fingerprint density at radius 2 is 1.96 bits per heavy atom. The molecule has 0 saturated heterocycles. The van der Waals surface area contributed by atoms with Crippen LogP contribution in [0.25, 0.3) is 11.4 Å². The molecule has 6 nitrogen and oxygen atoms in total. The van der Waals surface area contributed by atoms with E-state index in [1.165, 1.54) is 15.3 Å². The van der Waals surface area contributed by atoms with E-state index in [4.69, 9.17) is 5.73 Å². The molecule has 0 bridgehead atoms. The molecule has 3 heterocycles. The fourth-order valence-corrected chi connectivity index (χ4v) is 3.73. The van der Waals surface area contributed by atoms with E-state index < -0.39 is 0 Å². The molecule has 0 aliphatic rings. The summed E-state index contributed by atoms with van der Waals surface area (Å²) in [6, 6.07) is 16.5. The number of hydrogen-bond acceptors (Lipinski definition) is 6. The minimum absolute atomic E-state index is 0.403. The summed E-state index contributed by atoms with van der Waals surface area (Å²) in [5, 5.41) is 12.7. The number of hydrogen-bond donors (Lipinski definition) is 1. The molecule has 26 heavy (non-hydrogen) atoms. The number of aromatic nitrogens is 5. The van der Waals surface area contributed by atoms with Crippen LogP contribution in [0.5, 0.6) is 0 Å². The van der Waals surface area contributed by atoms with Gasteiger partial charge in [-0.3, -0.25) is 0 Å². The molecule has 4 aromatic rings.